The number of pyridine rings is 1. The van der Waals surface area contributed by atoms with Crippen LogP contribution in [0.25, 0.3) is 0 Å². The van der Waals surface area contributed by atoms with Crippen molar-refractivity contribution in [1.29, 1.82) is 0 Å². The second-order valence-electron chi connectivity index (χ2n) is 6.50. The fourth-order valence-corrected chi connectivity index (χ4v) is 4.56. The molecule has 2 N–H and O–H groups in total. The summed E-state index contributed by atoms with van der Waals surface area (Å²) in [5.41, 5.74) is 0.745. The predicted molar refractivity (Wildman–Crippen MR) is 109 cm³/mol. The first-order valence-corrected chi connectivity index (χ1v) is 11.0. The van der Waals surface area contributed by atoms with E-state index in [1.54, 1.807) is 24.5 Å². The Balaban J connectivity index is 1.59. The van der Waals surface area contributed by atoms with Crippen molar-refractivity contribution in [3.05, 3.63) is 59.4 Å². The minimum Gasteiger partial charge on any atom is -0.360 e. The lowest BCUT2D eigenvalue weighted by molar-refractivity contribution is -0.140. The zero-order valence-electron chi connectivity index (χ0n) is 16.0. The molecule has 11 heteroatoms. The van der Waals surface area contributed by atoms with Gasteiger partial charge in [-0.2, -0.15) is 4.31 Å². The molecule has 160 valence electrons. The lowest BCUT2D eigenvalue weighted by atomic mass is 10.3. The van der Waals surface area contributed by atoms with Crippen LogP contribution in [0, 0.1) is 0 Å². The van der Waals surface area contributed by atoms with Gasteiger partial charge in [-0.3, -0.25) is 14.6 Å². The van der Waals surface area contributed by atoms with Gasteiger partial charge in [-0.15, -0.1) is 0 Å². The molecule has 0 spiro atoms. The Kier molecular flexibility index (Phi) is 7.38. The summed E-state index contributed by atoms with van der Waals surface area (Å²) in [4.78, 5) is 28.1. The number of hydrogen-bond acceptors (Lipinski definition) is 6. The van der Waals surface area contributed by atoms with E-state index in [0.29, 0.717) is 18.1 Å². The van der Waals surface area contributed by atoms with Gasteiger partial charge in [-0.05, 0) is 42.3 Å². The first-order valence-electron chi connectivity index (χ1n) is 9.22. The molecule has 0 aliphatic carbocycles. The molecule has 1 aliphatic rings. The Morgan fingerprint density at radius 2 is 1.90 bits per heavy atom. The highest BCUT2D eigenvalue weighted by Gasteiger charge is 2.34. The maximum absolute atomic E-state index is 13.0. The Morgan fingerprint density at radius 1 is 1.17 bits per heavy atom. The van der Waals surface area contributed by atoms with Gasteiger partial charge in [-0.1, -0.05) is 17.7 Å². The number of rotatable bonds is 6. The van der Waals surface area contributed by atoms with Crippen LogP contribution >= 0.6 is 11.6 Å². The Labute approximate surface area is 179 Å². The van der Waals surface area contributed by atoms with E-state index in [0.717, 1.165) is 5.56 Å². The molecule has 2 aromatic rings. The van der Waals surface area contributed by atoms with Crippen LogP contribution in [0.2, 0.25) is 5.02 Å². The zero-order valence-corrected chi connectivity index (χ0v) is 17.5. The fraction of sp³-hybridized carbons (Fsp3) is 0.316. The van der Waals surface area contributed by atoms with E-state index in [2.05, 4.69) is 15.6 Å². The standard InChI is InChI=1S/C19H21ClN4O5S/c20-15-4-6-16(7-5-15)30(27,28)24-9-2-10-29-17(24)13-23-19(26)18(25)22-12-14-3-1-8-21-11-14/h1,3-8,11,17H,2,9-10,12-13H2,(H,22,25)(H,23,26)/t17-/m1/s1. The van der Waals surface area contributed by atoms with Gasteiger partial charge in [0.05, 0.1) is 18.0 Å². The second kappa shape index (κ2) is 9.98. The molecule has 1 aliphatic heterocycles. The second-order valence-corrected chi connectivity index (χ2v) is 8.83. The largest absolute Gasteiger partial charge is 0.360 e. The lowest BCUT2D eigenvalue weighted by Gasteiger charge is -2.34. The molecule has 1 atom stereocenters. The molecule has 3 rings (SSSR count). The minimum atomic E-state index is -3.85. The molecule has 2 heterocycles. The van der Waals surface area contributed by atoms with Crippen molar-refractivity contribution in [2.75, 3.05) is 19.7 Å². The molecule has 0 saturated carbocycles. The third-order valence-corrected chi connectivity index (χ3v) is 6.55. The van der Waals surface area contributed by atoms with E-state index in [9.17, 15) is 18.0 Å². The van der Waals surface area contributed by atoms with Crippen LogP contribution in [-0.2, 0) is 30.9 Å². The Morgan fingerprint density at radius 3 is 2.60 bits per heavy atom. The van der Waals surface area contributed by atoms with Crippen molar-refractivity contribution < 1.29 is 22.7 Å². The van der Waals surface area contributed by atoms with E-state index in [4.69, 9.17) is 16.3 Å². The maximum atomic E-state index is 13.0. The van der Waals surface area contributed by atoms with E-state index in [1.807, 2.05) is 0 Å². The normalized spacial score (nSPS) is 17.3. The molecule has 1 fully saturated rings. The van der Waals surface area contributed by atoms with Crippen LogP contribution in [0.3, 0.4) is 0 Å². The Hall–Kier alpha value is -2.53. The Bertz CT molecular complexity index is 986. The molecular formula is C19H21ClN4O5S. The van der Waals surface area contributed by atoms with Gasteiger partial charge in [0, 0.05) is 30.5 Å². The van der Waals surface area contributed by atoms with Gasteiger partial charge in [0.1, 0.15) is 6.23 Å². The summed E-state index contributed by atoms with van der Waals surface area (Å²) in [6, 6.07) is 9.28. The summed E-state index contributed by atoms with van der Waals surface area (Å²) in [6.07, 6.45) is 2.78. The molecule has 2 amide bonds. The summed E-state index contributed by atoms with van der Waals surface area (Å²) >= 11 is 5.83. The first kappa shape index (κ1) is 22.2. The lowest BCUT2D eigenvalue weighted by Crippen LogP contribution is -2.53. The number of nitrogens with one attached hydrogen (secondary N) is 2. The molecular weight excluding hydrogens is 432 g/mol. The van der Waals surface area contributed by atoms with Crippen molar-refractivity contribution in [2.45, 2.75) is 24.1 Å². The van der Waals surface area contributed by atoms with Gasteiger partial charge in [0.2, 0.25) is 10.0 Å². The molecule has 0 bridgehead atoms. The van der Waals surface area contributed by atoms with Crippen LogP contribution in [0.4, 0.5) is 0 Å². The molecule has 1 aromatic carbocycles. The fourth-order valence-electron chi connectivity index (χ4n) is 2.87. The smallest absolute Gasteiger partial charge is 0.309 e. The van der Waals surface area contributed by atoms with Gasteiger partial charge >= 0.3 is 11.8 Å². The molecule has 1 saturated heterocycles. The summed E-state index contributed by atoms with van der Waals surface area (Å²) in [7, 11) is -3.85. The number of benzene rings is 1. The van der Waals surface area contributed by atoms with Crippen LogP contribution < -0.4 is 10.6 Å². The van der Waals surface area contributed by atoms with Gasteiger partial charge < -0.3 is 15.4 Å². The minimum absolute atomic E-state index is 0.0722. The maximum Gasteiger partial charge on any atom is 0.309 e. The van der Waals surface area contributed by atoms with Crippen molar-refractivity contribution in [3.63, 3.8) is 0 Å². The zero-order chi connectivity index (χ0) is 21.6. The summed E-state index contributed by atoms with van der Waals surface area (Å²) < 4.78 is 32.6. The van der Waals surface area contributed by atoms with E-state index >= 15 is 0 Å². The summed E-state index contributed by atoms with van der Waals surface area (Å²) in [5, 5.41) is 5.34. The SMILES string of the molecule is O=C(NCc1cccnc1)C(=O)NC[C@H]1OCCCN1S(=O)(=O)c1ccc(Cl)cc1. The van der Waals surface area contributed by atoms with Crippen LogP contribution in [0.15, 0.2) is 53.7 Å². The van der Waals surface area contributed by atoms with E-state index in [1.165, 1.54) is 28.6 Å². The van der Waals surface area contributed by atoms with Crippen molar-refractivity contribution >= 4 is 33.4 Å². The predicted octanol–water partition coefficient (Wildman–Crippen LogP) is 0.905. The first-order chi connectivity index (χ1) is 14.4. The highest BCUT2D eigenvalue weighted by molar-refractivity contribution is 7.89. The van der Waals surface area contributed by atoms with Crippen molar-refractivity contribution in [1.82, 2.24) is 19.9 Å². The quantitative estimate of drug-likeness (QED) is 0.629. The molecule has 9 nitrogen and oxygen atoms in total. The number of halogens is 1. The highest BCUT2D eigenvalue weighted by atomic mass is 35.5. The third kappa shape index (κ3) is 5.54. The van der Waals surface area contributed by atoms with Crippen molar-refractivity contribution in [2.24, 2.45) is 0 Å². The summed E-state index contributed by atoms with van der Waals surface area (Å²) in [5.74, 6) is -1.71. The molecule has 0 radical (unpaired) electrons. The monoisotopic (exact) mass is 452 g/mol. The molecule has 0 unspecified atom stereocenters. The molecule has 1 aromatic heterocycles. The van der Waals surface area contributed by atoms with Crippen molar-refractivity contribution in [3.8, 4) is 0 Å². The number of carbonyl (C=O) groups is 2. The topological polar surface area (TPSA) is 118 Å². The van der Waals surface area contributed by atoms with Gasteiger partial charge in [0.25, 0.3) is 0 Å². The average molecular weight is 453 g/mol. The average Bonchev–Trinajstić information content (AvgIpc) is 2.77. The van der Waals surface area contributed by atoms with Gasteiger partial charge in [-0.25, -0.2) is 8.42 Å². The number of hydrogen-bond donors (Lipinski definition) is 2. The highest BCUT2D eigenvalue weighted by Crippen LogP contribution is 2.23. The number of carbonyl (C=O) groups excluding carboxylic acids is 2. The van der Waals surface area contributed by atoms with E-state index in [-0.39, 0.29) is 24.5 Å². The number of amides is 2. The van der Waals surface area contributed by atoms with Crippen LogP contribution in [0.5, 0.6) is 0 Å². The number of nitrogens with zero attached hydrogens (tertiary/aromatic N) is 2. The van der Waals surface area contributed by atoms with Crippen LogP contribution in [0.1, 0.15) is 12.0 Å². The summed E-state index contributed by atoms with van der Waals surface area (Å²) in [6.45, 7) is 0.572. The van der Waals surface area contributed by atoms with Crippen LogP contribution in [-0.4, -0.2) is 55.4 Å². The number of aromatic nitrogens is 1. The van der Waals surface area contributed by atoms with E-state index < -0.39 is 28.1 Å². The number of ether oxygens (including phenoxy) is 1. The number of sulfonamides is 1. The third-order valence-electron chi connectivity index (χ3n) is 4.39. The van der Waals surface area contributed by atoms with Gasteiger partial charge in [0.15, 0.2) is 0 Å². The molecule has 30 heavy (non-hydrogen) atoms.